The van der Waals surface area contributed by atoms with Crippen molar-refractivity contribution in [3.63, 3.8) is 0 Å². The van der Waals surface area contributed by atoms with Crippen LogP contribution in [0.3, 0.4) is 0 Å². The molecule has 0 unspecified atom stereocenters. The van der Waals surface area contributed by atoms with Crippen LogP contribution in [0.1, 0.15) is 16.8 Å². The van der Waals surface area contributed by atoms with Crippen LogP contribution in [0.15, 0.2) is 46.5 Å². The summed E-state index contributed by atoms with van der Waals surface area (Å²) in [5.41, 5.74) is 4.31. The Morgan fingerprint density at radius 1 is 1.10 bits per heavy atom. The molecule has 0 spiro atoms. The van der Waals surface area contributed by atoms with Gasteiger partial charge in [-0.1, -0.05) is 12.1 Å². The second-order valence-electron chi connectivity index (χ2n) is 4.46. The maximum atomic E-state index is 8.77. The molecule has 0 fully saturated rings. The van der Waals surface area contributed by atoms with E-state index in [0.29, 0.717) is 5.56 Å². The van der Waals surface area contributed by atoms with E-state index in [9.17, 15) is 0 Å². The maximum absolute atomic E-state index is 8.77. The zero-order chi connectivity index (χ0) is 14.5. The van der Waals surface area contributed by atoms with Gasteiger partial charge in [-0.2, -0.15) is 28.4 Å². The Kier molecular flexibility index (Phi) is 4.71. The van der Waals surface area contributed by atoms with E-state index in [-0.39, 0.29) is 0 Å². The summed E-state index contributed by atoms with van der Waals surface area (Å²) in [6, 6.07) is 12.0. The van der Waals surface area contributed by atoms with Crippen molar-refractivity contribution in [2.24, 2.45) is 0 Å². The van der Waals surface area contributed by atoms with Crippen molar-refractivity contribution < 1.29 is 0 Å². The van der Waals surface area contributed by atoms with E-state index in [2.05, 4.69) is 33.3 Å². The van der Waals surface area contributed by atoms with E-state index in [1.807, 2.05) is 36.0 Å². The fourth-order valence-electron chi connectivity index (χ4n) is 1.84. The quantitative estimate of drug-likeness (QED) is 0.648. The number of thiazole rings is 1. The summed E-state index contributed by atoms with van der Waals surface area (Å²) in [5, 5.41) is 16.2. The molecule has 0 amide bonds. The average Bonchev–Trinajstić information content (AvgIpc) is 3.19. The van der Waals surface area contributed by atoms with Crippen LogP contribution >= 0.6 is 34.4 Å². The van der Waals surface area contributed by atoms with Crippen molar-refractivity contribution in [2.45, 2.75) is 11.5 Å². The lowest BCUT2D eigenvalue weighted by Gasteiger charge is -2.00. The van der Waals surface area contributed by atoms with Gasteiger partial charge in [0.1, 0.15) is 5.01 Å². The summed E-state index contributed by atoms with van der Waals surface area (Å²) >= 11 is 5.25. The number of rotatable bonds is 5. The minimum atomic E-state index is 0.712. The van der Waals surface area contributed by atoms with Crippen molar-refractivity contribution in [1.82, 2.24) is 4.98 Å². The molecule has 0 bridgehead atoms. The number of benzene rings is 1. The Balaban J connectivity index is 1.54. The van der Waals surface area contributed by atoms with E-state index in [1.165, 1.54) is 11.1 Å². The monoisotopic (exact) mass is 328 g/mol. The van der Waals surface area contributed by atoms with Crippen molar-refractivity contribution in [1.29, 1.82) is 5.26 Å². The molecule has 0 radical (unpaired) electrons. The molecule has 21 heavy (non-hydrogen) atoms. The van der Waals surface area contributed by atoms with E-state index in [1.54, 1.807) is 22.7 Å². The SMILES string of the molecule is N#Cc1ccc(CSCc2csc(-c3ccsc3)n2)cc1. The molecular weight excluding hydrogens is 316 g/mol. The Morgan fingerprint density at radius 2 is 1.95 bits per heavy atom. The molecule has 1 aromatic carbocycles. The Hall–Kier alpha value is -1.61. The number of thiophene rings is 1. The lowest BCUT2D eigenvalue weighted by molar-refractivity contribution is 1.23. The molecule has 5 heteroatoms. The number of nitriles is 1. The first-order chi connectivity index (χ1) is 10.3. The van der Waals surface area contributed by atoms with Gasteiger partial charge in [-0.05, 0) is 29.1 Å². The van der Waals surface area contributed by atoms with Gasteiger partial charge in [0.15, 0.2) is 0 Å². The standard InChI is InChI=1S/C16H12N2S3/c17-7-12-1-3-13(4-2-12)8-20-10-15-11-21-16(18-15)14-5-6-19-9-14/h1-6,9,11H,8,10H2. The molecule has 0 aliphatic heterocycles. The van der Waals surface area contributed by atoms with E-state index in [0.717, 1.165) is 22.2 Å². The minimum absolute atomic E-state index is 0.712. The average molecular weight is 328 g/mol. The molecule has 0 N–H and O–H groups in total. The molecule has 2 aromatic heterocycles. The topological polar surface area (TPSA) is 36.7 Å². The van der Waals surface area contributed by atoms with Gasteiger partial charge in [0, 0.05) is 27.8 Å². The lowest BCUT2D eigenvalue weighted by atomic mass is 10.2. The van der Waals surface area contributed by atoms with Gasteiger partial charge in [-0.25, -0.2) is 4.98 Å². The largest absolute Gasteiger partial charge is 0.240 e. The fraction of sp³-hybridized carbons (Fsp3) is 0.125. The molecule has 0 aliphatic rings. The third-order valence-corrected chi connectivity index (χ3v) is 5.58. The van der Waals surface area contributed by atoms with Gasteiger partial charge in [0.05, 0.1) is 17.3 Å². The normalized spacial score (nSPS) is 10.4. The number of thioether (sulfide) groups is 1. The van der Waals surface area contributed by atoms with Crippen LogP contribution < -0.4 is 0 Å². The second-order valence-corrected chi connectivity index (χ2v) is 7.08. The van der Waals surface area contributed by atoms with E-state index < -0.39 is 0 Å². The van der Waals surface area contributed by atoms with Gasteiger partial charge >= 0.3 is 0 Å². The van der Waals surface area contributed by atoms with E-state index in [4.69, 9.17) is 5.26 Å². The maximum Gasteiger partial charge on any atom is 0.124 e. The van der Waals surface area contributed by atoms with Crippen LogP contribution in [0.4, 0.5) is 0 Å². The van der Waals surface area contributed by atoms with Crippen molar-refractivity contribution >= 4 is 34.4 Å². The van der Waals surface area contributed by atoms with Crippen LogP contribution in [0.2, 0.25) is 0 Å². The fourth-order valence-corrected chi connectivity index (χ4v) is 4.37. The van der Waals surface area contributed by atoms with Crippen LogP contribution in [0, 0.1) is 11.3 Å². The Morgan fingerprint density at radius 3 is 2.67 bits per heavy atom. The Labute approximate surface area is 136 Å². The van der Waals surface area contributed by atoms with Crippen LogP contribution in [-0.4, -0.2) is 4.98 Å². The van der Waals surface area contributed by atoms with Crippen LogP contribution in [-0.2, 0) is 11.5 Å². The van der Waals surface area contributed by atoms with Gasteiger partial charge in [-0.3, -0.25) is 0 Å². The predicted molar refractivity (Wildman–Crippen MR) is 91.6 cm³/mol. The van der Waals surface area contributed by atoms with Crippen LogP contribution in [0.25, 0.3) is 10.6 Å². The summed E-state index contributed by atoms with van der Waals surface area (Å²) in [4.78, 5) is 4.67. The van der Waals surface area contributed by atoms with E-state index >= 15 is 0 Å². The number of nitrogens with zero attached hydrogens (tertiary/aromatic N) is 2. The van der Waals surface area contributed by atoms with Gasteiger partial charge in [-0.15, -0.1) is 11.3 Å². The molecule has 3 aromatic rings. The summed E-state index contributed by atoms with van der Waals surface area (Å²) in [6.45, 7) is 0. The smallest absolute Gasteiger partial charge is 0.124 e. The first-order valence-electron chi connectivity index (χ1n) is 6.39. The van der Waals surface area contributed by atoms with Gasteiger partial charge in [0.2, 0.25) is 0 Å². The molecule has 104 valence electrons. The zero-order valence-corrected chi connectivity index (χ0v) is 13.6. The van der Waals surface area contributed by atoms with Gasteiger partial charge < -0.3 is 0 Å². The molecule has 2 heterocycles. The second kappa shape index (κ2) is 6.90. The number of aromatic nitrogens is 1. The molecular formula is C16H12N2S3. The molecule has 2 nitrogen and oxygen atoms in total. The molecule has 0 aliphatic carbocycles. The predicted octanol–water partition coefficient (Wildman–Crippen LogP) is 5.18. The highest BCUT2D eigenvalue weighted by Crippen LogP contribution is 2.27. The minimum Gasteiger partial charge on any atom is -0.240 e. The first-order valence-corrected chi connectivity index (χ1v) is 9.36. The highest BCUT2D eigenvalue weighted by molar-refractivity contribution is 7.97. The molecule has 3 rings (SSSR count). The third kappa shape index (κ3) is 3.73. The Bertz CT molecular complexity index is 737. The molecule has 0 saturated carbocycles. The summed E-state index contributed by atoms with van der Waals surface area (Å²) in [6.07, 6.45) is 0. The molecule has 0 saturated heterocycles. The number of hydrogen-bond donors (Lipinski definition) is 0. The summed E-state index contributed by atoms with van der Waals surface area (Å²) < 4.78 is 0. The first kappa shape index (κ1) is 14.3. The van der Waals surface area contributed by atoms with Crippen molar-refractivity contribution in [3.8, 4) is 16.6 Å². The van der Waals surface area contributed by atoms with Crippen molar-refractivity contribution in [3.05, 3.63) is 63.3 Å². The lowest BCUT2D eigenvalue weighted by Crippen LogP contribution is -1.85. The van der Waals surface area contributed by atoms with Crippen LogP contribution in [0.5, 0.6) is 0 Å². The zero-order valence-electron chi connectivity index (χ0n) is 11.2. The van der Waals surface area contributed by atoms with Crippen molar-refractivity contribution in [2.75, 3.05) is 0 Å². The third-order valence-electron chi connectivity index (χ3n) is 2.92. The highest BCUT2D eigenvalue weighted by Gasteiger charge is 2.05. The summed E-state index contributed by atoms with van der Waals surface area (Å²) in [7, 11) is 0. The van der Waals surface area contributed by atoms with Gasteiger partial charge in [0.25, 0.3) is 0 Å². The highest BCUT2D eigenvalue weighted by atomic mass is 32.2. The summed E-state index contributed by atoms with van der Waals surface area (Å²) in [5.74, 6) is 1.86. The molecule has 0 atom stereocenters. The number of hydrogen-bond acceptors (Lipinski definition) is 5.